The number of thioether (sulfide) groups is 1. The normalized spacial score (nSPS) is 17.7. The summed E-state index contributed by atoms with van der Waals surface area (Å²) < 4.78 is 0. The second-order valence-corrected chi connectivity index (χ2v) is 10.6. The summed E-state index contributed by atoms with van der Waals surface area (Å²) in [7, 11) is 1.95. The molecule has 0 unspecified atom stereocenters. The molecule has 1 heterocycles. The minimum atomic E-state index is -0.185. The van der Waals surface area contributed by atoms with Crippen LogP contribution in [0.3, 0.4) is 0 Å². The van der Waals surface area contributed by atoms with E-state index in [-0.39, 0.29) is 22.8 Å². The van der Waals surface area contributed by atoms with Crippen molar-refractivity contribution < 1.29 is 9.90 Å². The first-order valence-corrected chi connectivity index (χ1v) is 10.5. The Bertz CT molecular complexity index is 720. The van der Waals surface area contributed by atoms with E-state index in [9.17, 15) is 9.90 Å². The van der Waals surface area contributed by atoms with Crippen molar-refractivity contribution in [1.82, 2.24) is 10.0 Å². The Hall–Kier alpha value is -1.46. The highest BCUT2D eigenvalue weighted by Gasteiger charge is 2.31. The lowest BCUT2D eigenvalue weighted by atomic mass is 9.78. The molecule has 1 aliphatic heterocycles. The van der Waals surface area contributed by atoms with E-state index in [0.29, 0.717) is 11.6 Å². The first-order chi connectivity index (χ1) is 12.2. The Morgan fingerprint density at radius 2 is 1.59 bits per heavy atom. The summed E-state index contributed by atoms with van der Waals surface area (Å²) >= 11 is 1.56. The third kappa shape index (κ3) is 4.69. The van der Waals surface area contributed by atoms with Gasteiger partial charge in [-0.05, 0) is 48.4 Å². The van der Waals surface area contributed by atoms with Gasteiger partial charge in [-0.15, -0.1) is 0 Å². The number of amides is 1. The fraction of sp³-hybridized carbons (Fsp3) is 0.591. The van der Waals surface area contributed by atoms with Crippen LogP contribution in [-0.4, -0.2) is 40.0 Å². The Morgan fingerprint density at radius 3 is 2.00 bits per heavy atom. The third-order valence-corrected chi connectivity index (χ3v) is 5.94. The second-order valence-electron chi connectivity index (χ2n) is 9.62. The number of benzene rings is 1. The molecule has 0 atom stereocenters. The molecule has 150 valence electrons. The number of carbonyl (C=O) groups excluding carboxylic acids is 1. The van der Waals surface area contributed by atoms with Crippen LogP contribution in [0, 0.1) is 0 Å². The average Bonchev–Trinajstić information content (AvgIpc) is 2.86. The molecule has 0 aromatic heterocycles. The fourth-order valence-corrected chi connectivity index (χ4v) is 4.04. The van der Waals surface area contributed by atoms with Crippen LogP contribution < -0.4 is 0 Å². The van der Waals surface area contributed by atoms with E-state index in [2.05, 4.69) is 55.4 Å². The smallest absolute Gasteiger partial charge is 0.275 e. The van der Waals surface area contributed by atoms with Crippen molar-refractivity contribution in [2.75, 3.05) is 12.9 Å². The first kappa shape index (κ1) is 21.8. The minimum absolute atomic E-state index is 0.0406. The van der Waals surface area contributed by atoms with E-state index in [4.69, 9.17) is 0 Å². The largest absolute Gasteiger partial charge is 0.507 e. The molecule has 1 N–H and O–H groups in total. The molecule has 0 saturated carbocycles. The molecule has 1 aromatic carbocycles. The van der Waals surface area contributed by atoms with E-state index in [1.807, 2.05) is 30.3 Å². The number of hydrazine groups is 1. The van der Waals surface area contributed by atoms with Gasteiger partial charge >= 0.3 is 0 Å². The SMILES string of the molecule is CC(C)N(C)N1CSC(=Cc2cc(C(C)(C)C)c(O)c(C(C)(C)C)c2)C1=O. The fourth-order valence-electron chi connectivity index (χ4n) is 3.03. The number of phenols is 1. The van der Waals surface area contributed by atoms with Gasteiger partial charge in [-0.2, -0.15) is 0 Å². The van der Waals surface area contributed by atoms with Gasteiger partial charge < -0.3 is 5.11 Å². The minimum Gasteiger partial charge on any atom is -0.507 e. The number of carbonyl (C=O) groups is 1. The zero-order valence-electron chi connectivity index (χ0n) is 18.2. The molecule has 1 aromatic rings. The van der Waals surface area contributed by atoms with Gasteiger partial charge in [-0.1, -0.05) is 53.3 Å². The van der Waals surface area contributed by atoms with Crippen LogP contribution in [0.15, 0.2) is 17.0 Å². The molecule has 0 spiro atoms. The highest BCUT2D eigenvalue weighted by Crippen LogP contribution is 2.41. The highest BCUT2D eigenvalue weighted by atomic mass is 32.2. The Kier molecular flexibility index (Phi) is 6.08. The summed E-state index contributed by atoms with van der Waals surface area (Å²) in [5, 5.41) is 14.6. The van der Waals surface area contributed by atoms with Gasteiger partial charge in [0, 0.05) is 24.2 Å². The van der Waals surface area contributed by atoms with Gasteiger partial charge in [-0.25, -0.2) is 5.01 Å². The third-order valence-electron chi connectivity index (χ3n) is 4.96. The molecular weight excluding hydrogens is 356 g/mol. The average molecular weight is 391 g/mol. The van der Waals surface area contributed by atoms with E-state index in [1.54, 1.807) is 16.8 Å². The zero-order chi connectivity index (χ0) is 20.7. The summed E-state index contributed by atoms with van der Waals surface area (Å²) in [6, 6.07) is 4.29. The van der Waals surface area contributed by atoms with E-state index < -0.39 is 0 Å². The quantitative estimate of drug-likeness (QED) is 0.728. The molecule has 0 bridgehead atoms. The molecule has 27 heavy (non-hydrogen) atoms. The standard InChI is InChI=1S/C22H34N2O2S/c1-14(2)23(9)24-13-27-18(20(24)26)12-15-10-16(21(3,4)5)19(25)17(11-15)22(6,7)8/h10-12,14,25H,13H2,1-9H3. The number of phenolic OH excluding ortho intramolecular Hbond substituents is 1. The van der Waals surface area contributed by atoms with Crippen LogP contribution in [0.2, 0.25) is 0 Å². The number of nitrogens with zero attached hydrogens (tertiary/aromatic N) is 2. The summed E-state index contributed by atoms with van der Waals surface area (Å²) in [5.41, 5.74) is 2.42. The van der Waals surface area contributed by atoms with Gasteiger partial charge in [0.1, 0.15) is 5.75 Å². The van der Waals surface area contributed by atoms with Crippen molar-refractivity contribution >= 4 is 23.7 Å². The van der Waals surface area contributed by atoms with Crippen LogP contribution in [0.4, 0.5) is 0 Å². The summed E-state index contributed by atoms with van der Waals surface area (Å²) in [6.45, 7) is 16.7. The van der Waals surface area contributed by atoms with Crippen molar-refractivity contribution in [2.45, 2.75) is 72.3 Å². The maximum Gasteiger partial charge on any atom is 0.275 e. The molecule has 4 nitrogen and oxygen atoms in total. The van der Waals surface area contributed by atoms with Crippen molar-refractivity contribution in [3.8, 4) is 5.75 Å². The van der Waals surface area contributed by atoms with E-state index in [1.165, 1.54) is 0 Å². The zero-order valence-corrected chi connectivity index (χ0v) is 19.0. The van der Waals surface area contributed by atoms with Crippen LogP contribution in [0.25, 0.3) is 6.08 Å². The molecule has 2 rings (SSSR count). The lowest BCUT2D eigenvalue weighted by Gasteiger charge is -2.30. The van der Waals surface area contributed by atoms with E-state index in [0.717, 1.165) is 21.6 Å². The van der Waals surface area contributed by atoms with Gasteiger partial charge in [0.15, 0.2) is 0 Å². The molecule has 1 aliphatic rings. The highest BCUT2D eigenvalue weighted by molar-refractivity contribution is 8.04. The topological polar surface area (TPSA) is 43.8 Å². The molecule has 5 heteroatoms. The van der Waals surface area contributed by atoms with Crippen LogP contribution >= 0.6 is 11.8 Å². The summed E-state index contributed by atoms with van der Waals surface area (Å²) in [5.74, 6) is 1.04. The Labute approximate surface area is 168 Å². The maximum absolute atomic E-state index is 12.8. The molecule has 1 amide bonds. The number of hydrogen-bond donors (Lipinski definition) is 1. The lowest BCUT2D eigenvalue weighted by molar-refractivity contribution is -0.140. The van der Waals surface area contributed by atoms with Gasteiger partial charge in [0.2, 0.25) is 0 Å². The van der Waals surface area contributed by atoms with Gasteiger partial charge in [0.05, 0.1) is 10.8 Å². The van der Waals surface area contributed by atoms with Crippen LogP contribution in [0.1, 0.15) is 72.1 Å². The Balaban J connectivity index is 2.51. The van der Waals surface area contributed by atoms with Gasteiger partial charge in [0.25, 0.3) is 5.91 Å². The molecule has 1 fully saturated rings. The second kappa shape index (κ2) is 7.51. The predicted molar refractivity (Wildman–Crippen MR) is 116 cm³/mol. The number of aromatic hydroxyl groups is 1. The maximum atomic E-state index is 12.8. The summed E-state index contributed by atoms with van der Waals surface area (Å²) in [4.78, 5) is 13.6. The monoisotopic (exact) mass is 390 g/mol. The molecule has 0 radical (unpaired) electrons. The molecular formula is C22H34N2O2S. The van der Waals surface area contributed by atoms with Crippen molar-refractivity contribution in [3.05, 3.63) is 33.7 Å². The first-order valence-electron chi connectivity index (χ1n) is 9.50. The molecule has 0 aliphatic carbocycles. The van der Waals surface area contributed by atoms with Crippen molar-refractivity contribution in [1.29, 1.82) is 0 Å². The van der Waals surface area contributed by atoms with Crippen molar-refractivity contribution in [3.63, 3.8) is 0 Å². The van der Waals surface area contributed by atoms with Crippen LogP contribution in [-0.2, 0) is 15.6 Å². The van der Waals surface area contributed by atoms with Gasteiger partial charge in [-0.3, -0.25) is 9.80 Å². The molecule has 1 saturated heterocycles. The number of hydrogen-bond acceptors (Lipinski definition) is 4. The lowest BCUT2D eigenvalue weighted by Crippen LogP contribution is -2.44. The van der Waals surface area contributed by atoms with Crippen LogP contribution in [0.5, 0.6) is 5.75 Å². The Morgan fingerprint density at radius 1 is 1.11 bits per heavy atom. The van der Waals surface area contributed by atoms with Crippen molar-refractivity contribution in [2.24, 2.45) is 0 Å². The van der Waals surface area contributed by atoms with E-state index >= 15 is 0 Å². The number of rotatable bonds is 3. The summed E-state index contributed by atoms with van der Waals surface area (Å²) in [6.07, 6.45) is 1.96. The predicted octanol–water partition coefficient (Wildman–Crippen LogP) is 5.12.